The zero-order valence-electron chi connectivity index (χ0n) is 9.24. The second kappa shape index (κ2) is 4.16. The minimum Gasteiger partial charge on any atom is -0.0805 e. The predicted octanol–water partition coefficient (Wildman–Crippen LogP) is 4.11. The monoisotopic (exact) mass is 188 g/mol. The molecular weight excluding hydrogens is 168 g/mol. The molecule has 2 rings (SSSR count). The fourth-order valence-electron chi connectivity index (χ4n) is 2.64. The first-order valence-corrected chi connectivity index (χ1v) is 5.87. The lowest BCUT2D eigenvalue weighted by Gasteiger charge is -2.19. The van der Waals surface area contributed by atoms with Gasteiger partial charge in [0, 0.05) is 5.92 Å². The van der Waals surface area contributed by atoms with Gasteiger partial charge in [0.25, 0.3) is 0 Å². The molecule has 0 heterocycles. The van der Waals surface area contributed by atoms with Crippen molar-refractivity contribution in [1.29, 1.82) is 0 Å². The van der Waals surface area contributed by atoms with Gasteiger partial charge in [-0.2, -0.15) is 0 Å². The molecule has 76 valence electrons. The number of hydrogen-bond acceptors (Lipinski definition) is 0. The normalized spacial score (nSPS) is 36.1. The summed E-state index contributed by atoms with van der Waals surface area (Å²) in [6.07, 6.45) is 15.6. The van der Waals surface area contributed by atoms with Gasteiger partial charge < -0.3 is 0 Å². The van der Waals surface area contributed by atoms with Crippen LogP contribution in [-0.4, -0.2) is 0 Å². The Balaban J connectivity index is 2.23. The van der Waals surface area contributed by atoms with Crippen molar-refractivity contribution in [1.82, 2.24) is 0 Å². The maximum absolute atomic E-state index is 2.52. The zero-order chi connectivity index (χ0) is 9.97. The molecule has 0 N–H and O–H groups in total. The first-order valence-electron chi connectivity index (χ1n) is 5.87. The molecule has 0 spiro atoms. The molecule has 2 aliphatic rings. The van der Waals surface area contributed by atoms with E-state index < -0.39 is 0 Å². The van der Waals surface area contributed by atoms with Crippen molar-refractivity contribution in [3.63, 3.8) is 0 Å². The minimum atomic E-state index is 0.680. The molecule has 0 aliphatic heterocycles. The molecule has 0 aromatic carbocycles. The molecule has 3 atom stereocenters. The van der Waals surface area contributed by atoms with E-state index in [4.69, 9.17) is 0 Å². The Labute approximate surface area is 87.4 Å². The third kappa shape index (κ3) is 1.84. The van der Waals surface area contributed by atoms with Gasteiger partial charge in [0.15, 0.2) is 0 Å². The summed E-state index contributed by atoms with van der Waals surface area (Å²) in [5.74, 6) is 2.25. The van der Waals surface area contributed by atoms with Gasteiger partial charge >= 0.3 is 0 Å². The van der Waals surface area contributed by atoms with Gasteiger partial charge in [-0.25, -0.2) is 0 Å². The summed E-state index contributed by atoms with van der Waals surface area (Å²) >= 11 is 0. The standard InChI is InChI=1S/C14H20/c1-3-12-10-14-7-5-4-6-13(14)9-8-11(12)2/h4-7,10-11,13-14H,3,8-9H2,1-2H3. The molecule has 0 nitrogen and oxygen atoms in total. The molecule has 0 radical (unpaired) electrons. The molecule has 2 aliphatic carbocycles. The summed E-state index contributed by atoms with van der Waals surface area (Å²) in [7, 11) is 0. The van der Waals surface area contributed by atoms with Crippen LogP contribution in [0.5, 0.6) is 0 Å². The first kappa shape index (κ1) is 9.76. The van der Waals surface area contributed by atoms with Gasteiger partial charge in [-0.05, 0) is 31.1 Å². The lowest BCUT2D eigenvalue weighted by Crippen LogP contribution is -2.08. The molecule has 14 heavy (non-hydrogen) atoms. The van der Waals surface area contributed by atoms with Gasteiger partial charge in [-0.3, -0.25) is 0 Å². The molecule has 0 bridgehead atoms. The van der Waals surface area contributed by atoms with Crippen molar-refractivity contribution in [2.45, 2.75) is 33.1 Å². The Morgan fingerprint density at radius 3 is 2.79 bits per heavy atom. The summed E-state index contributed by atoms with van der Waals surface area (Å²) < 4.78 is 0. The van der Waals surface area contributed by atoms with Crippen molar-refractivity contribution in [2.75, 3.05) is 0 Å². The van der Waals surface area contributed by atoms with E-state index in [0.29, 0.717) is 5.92 Å². The predicted molar refractivity (Wildman–Crippen MR) is 62.0 cm³/mol. The highest BCUT2D eigenvalue weighted by Gasteiger charge is 2.22. The SMILES string of the molecule is CCC1=CC2C=CC=CC2CCC1C. The molecule has 0 fully saturated rings. The topological polar surface area (TPSA) is 0 Å². The lowest BCUT2D eigenvalue weighted by molar-refractivity contribution is 0.473. The van der Waals surface area contributed by atoms with Crippen molar-refractivity contribution < 1.29 is 0 Å². The molecule has 0 heteroatoms. The van der Waals surface area contributed by atoms with Crippen LogP contribution in [0.1, 0.15) is 33.1 Å². The van der Waals surface area contributed by atoms with E-state index in [1.165, 1.54) is 19.3 Å². The second-order valence-electron chi connectivity index (χ2n) is 4.58. The second-order valence-corrected chi connectivity index (χ2v) is 4.58. The number of fused-ring (bicyclic) bond motifs is 1. The Bertz CT molecular complexity index is 280. The maximum Gasteiger partial charge on any atom is 0.00154 e. The van der Waals surface area contributed by atoms with Crippen LogP contribution in [0.2, 0.25) is 0 Å². The highest BCUT2D eigenvalue weighted by Crippen LogP contribution is 2.35. The highest BCUT2D eigenvalue weighted by molar-refractivity contribution is 5.23. The van der Waals surface area contributed by atoms with E-state index in [1.54, 1.807) is 5.57 Å². The van der Waals surface area contributed by atoms with E-state index in [2.05, 4.69) is 44.2 Å². The van der Waals surface area contributed by atoms with Crippen LogP contribution in [-0.2, 0) is 0 Å². The van der Waals surface area contributed by atoms with Gasteiger partial charge in [0.2, 0.25) is 0 Å². The van der Waals surface area contributed by atoms with E-state index in [9.17, 15) is 0 Å². The van der Waals surface area contributed by atoms with E-state index in [0.717, 1.165) is 11.8 Å². The Morgan fingerprint density at radius 2 is 2.00 bits per heavy atom. The average Bonchev–Trinajstić information content (AvgIpc) is 2.38. The van der Waals surface area contributed by atoms with Crippen LogP contribution >= 0.6 is 0 Å². The highest BCUT2D eigenvalue weighted by atomic mass is 14.3. The van der Waals surface area contributed by atoms with Gasteiger partial charge in [-0.15, -0.1) is 0 Å². The van der Waals surface area contributed by atoms with Crippen molar-refractivity contribution in [3.05, 3.63) is 36.0 Å². The smallest absolute Gasteiger partial charge is 0.00154 e. The first-order chi connectivity index (χ1) is 6.81. The van der Waals surface area contributed by atoms with Crippen LogP contribution < -0.4 is 0 Å². The van der Waals surface area contributed by atoms with Crippen LogP contribution in [0, 0.1) is 17.8 Å². The van der Waals surface area contributed by atoms with Crippen LogP contribution in [0.25, 0.3) is 0 Å². The third-order valence-electron chi connectivity index (χ3n) is 3.68. The van der Waals surface area contributed by atoms with E-state index in [1.807, 2.05) is 0 Å². The largest absolute Gasteiger partial charge is 0.0805 e. The molecular formula is C14H20. The zero-order valence-corrected chi connectivity index (χ0v) is 9.24. The summed E-state index contributed by atoms with van der Waals surface area (Å²) in [4.78, 5) is 0. The average molecular weight is 188 g/mol. The fraction of sp³-hybridized carbons (Fsp3) is 0.571. The Morgan fingerprint density at radius 1 is 1.21 bits per heavy atom. The quantitative estimate of drug-likeness (QED) is 0.543. The summed E-state index contributed by atoms with van der Waals surface area (Å²) in [5, 5.41) is 0. The molecule has 3 unspecified atom stereocenters. The number of rotatable bonds is 1. The lowest BCUT2D eigenvalue weighted by atomic mass is 9.86. The van der Waals surface area contributed by atoms with Crippen molar-refractivity contribution in [3.8, 4) is 0 Å². The Kier molecular flexibility index (Phi) is 2.90. The molecule has 0 amide bonds. The van der Waals surface area contributed by atoms with Crippen molar-refractivity contribution >= 4 is 0 Å². The van der Waals surface area contributed by atoms with E-state index in [-0.39, 0.29) is 0 Å². The summed E-state index contributed by atoms with van der Waals surface area (Å²) in [6, 6.07) is 0. The van der Waals surface area contributed by atoms with Gasteiger partial charge in [0.05, 0.1) is 0 Å². The molecule has 0 saturated heterocycles. The van der Waals surface area contributed by atoms with Crippen LogP contribution in [0.15, 0.2) is 36.0 Å². The molecule has 0 saturated carbocycles. The number of hydrogen-bond donors (Lipinski definition) is 0. The third-order valence-corrected chi connectivity index (χ3v) is 3.68. The summed E-state index contributed by atoms with van der Waals surface area (Å²) in [6.45, 7) is 4.66. The maximum atomic E-state index is 2.52. The fourth-order valence-corrected chi connectivity index (χ4v) is 2.64. The Hall–Kier alpha value is -0.780. The van der Waals surface area contributed by atoms with Crippen LogP contribution in [0.3, 0.4) is 0 Å². The van der Waals surface area contributed by atoms with Crippen molar-refractivity contribution in [2.24, 2.45) is 17.8 Å². The summed E-state index contributed by atoms with van der Waals surface area (Å²) in [5.41, 5.74) is 1.66. The molecule has 0 aromatic rings. The molecule has 0 aromatic heterocycles. The number of allylic oxidation sites excluding steroid dienone is 6. The minimum absolute atomic E-state index is 0.680. The van der Waals surface area contributed by atoms with Crippen LogP contribution in [0.4, 0.5) is 0 Å². The van der Waals surface area contributed by atoms with Gasteiger partial charge in [0.1, 0.15) is 0 Å². The van der Waals surface area contributed by atoms with Gasteiger partial charge in [-0.1, -0.05) is 49.8 Å². The van der Waals surface area contributed by atoms with E-state index >= 15 is 0 Å².